The van der Waals surface area contributed by atoms with Crippen LogP contribution in [-0.4, -0.2) is 13.0 Å². The summed E-state index contributed by atoms with van der Waals surface area (Å²) < 4.78 is 30.5. The Morgan fingerprint density at radius 1 is 0.933 bits per heavy atom. The second-order valence-corrected chi connectivity index (χ2v) is 4.41. The summed E-state index contributed by atoms with van der Waals surface area (Å²) in [7, 11) is -4.09. The molecule has 81 valence electrons. The Bertz CT molecular complexity index is 578. The van der Waals surface area contributed by atoms with Gasteiger partial charge in [0, 0.05) is 16.8 Å². The predicted octanol–water partition coefficient (Wildman–Crippen LogP) is 2.08. The van der Waals surface area contributed by atoms with Crippen molar-refractivity contribution in [2.24, 2.45) is 0 Å². The summed E-state index contributed by atoms with van der Waals surface area (Å²) in [5, 5.41) is 1.74. The van der Waals surface area contributed by atoms with Gasteiger partial charge in [0.15, 0.2) is 0 Å². The van der Waals surface area contributed by atoms with E-state index in [-0.39, 0.29) is 21.7 Å². The van der Waals surface area contributed by atoms with E-state index in [4.69, 9.17) is 4.55 Å². The van der Waals surface area contributed by atoms with E-state index in [1.807, 2.05) is 18.2 Å². The molecule has 1 N–H and O–H groups in total. The van der Waals surface area contributed by atoms with Crippen LogP contribution in [-0.2, 0) is 26.9 Å². The van der Waals surface area contributed by atoms with Gasteiger partial charge in [0.2, 0.25) is 0 Å². The summed E-state index contributed by atoms with van der Waals surface area (Å²) in [6.45, 7) is 0. The van der Waals surface area contributed by atoms with Gasteiger partial charge in [0.25, 0.3) is 10.1 Å². The first-order valence-electron chi connectivity index (χ1n) is 4.04. The summed E-state index contributed by atoms with van der Waals surface area (Å²) in [5.74, 6) is 0. The Balaban J connectivity index is 0.00000112. The zero-order valence-corrected chi connectivity index (χ0v) is 9.40. The summed E-state index contributed by atoms with van der Waals surface area (Å²) in [5.41, 5.74) is 0. The first-order valence-corrected chi connectivity index (χ1v) is 5.48. The van der Waals surface area contributed by atoms with Crippen molar-refractivity contribution in [2.45, 2.75) is 4.90 Å². The van der Waals surface area contributed by atoms with Gasteiger partial charge in [-0.05, 0) is 22.9 Å². The molecule has 0 spiro atoms. The molecule has 0 saturated carbocycles. The predicted molar refractivity (Wildman–Crippen MR) is 53.8 cm³/mol. The number of rotatable bonds is 1. The van der Waals surface area contributed by atoms with Crippen LogP contribution in [0.1, 0.15) is 0 Å². The van der Waals surface area contributed by atoms with Gasteiger partial charge in [-0.2, -0.15) is 8.42 Å². The smallest absolute Gasteiger partial charge is 0.282 e. The van der Waals surface area contributed by atoms with Gasteiger partial charge in [-0.15, -0.1) is 0 Å². The van der Waals surface area contributed by atoms with Gasteiger partial charge in [0.1, 0.15) is 0 Å². The second kappa shape index (κ2) is 4.32. The molecule has 1 radical (unpaired) electrons. The Labute approximate surface area is 98.1 Å². The molecular weight excluding hydrogens is 259 g/mol. The molecule has 0 bridgehead atoms. The molecule has 0 aliphatic heterocycles. The fourth-order valence-electron chi connectivity index (χ4n) is 1.33. The number of benzene rings is 2. The normalized spacial score (nSPS) is 11.0. The van der Waals surface area contributed by atoms with E-state index in [9.17, 15) is 8.42 Å². The maximum Gasteiger partial charge on any atom is 0.294 e. The molecule has 0 aliphatic rings. The van der Waals surface area contributed by atoms with E-state index in [0.29, 0.717) is 0 Å². The van der Waals surface area contributed by atoms with E-state index >= 15 is 0 Å². The van der Waals surface area contributed by atoms with Gasteiger partial charge in [-0.25, -0.2) is 0 Å². The Kier molecular flexibility index (Phi) is 3.51. The summed E-state index contributed by atoms with van der Waals surface area (Å²) in [6.07, 6.45) is 0. The molecule has 0 fully saturated rings. The third kappa shape index (κ3) is 2.57. The molecule has 5 heteroatoms. The van der Waals surface area contributed by atoms with Crippen LogP contribution >= 0.6 is 0 Å². The standard InChI is InChI=1S/C10H8O3S.Co/c11-14(12,13)10-6-5-8-3-1-2-4-9(8)7-10;/h1-7H,(H,11,12,13);. The minimum Gasteiger partial charge on any atom is -0.282 e. The fourth-order valence-corrected chi connectivity index (χ4v) is 1.84. The van der Waals surface area contributed by atoms with E-state index in [0.717, 1.165) is 10.8 Å². The molecule has 0 unspecified atom stereocenters. The van der Waals surface area contributed by atoms with Crippen molar-refractivity contribution >= 4 is 20.9 Å². The summed E-state index contributed by atoms with van der Waals surface area (Å²) in [4.78, 5) is -0.0730. The van der Waals surface area contributed by atoms with Crippen LogP contribution in [0.2, 0.25) is 0 Å². The fraction of sp³-hybridized carbons (Fsp3) is 0. The van der Waals surface area contributed by atoms with Gasteiger partial charge in [-0.1, -0.05) is 30.3 Å². The molecule has 0 aliphatic carbocycles. The van der Waals surface area contributed by atoms with Crippen LogP contribution in [0.15, 0.2) is 47.4 Å². The molecule has 0 aromatic heterocycles. The molecule has 0 saturated heterocycles. The van der Waals surface area contributed by atoms with E-state index in [1.165, 1.54) is 12.1 Å². The van der Waals surface area contributed by atoms with Crippen LogP contribution in [0.4, 0.5) is 0 Å². The molecule has 0 atom stereocenters. The average Bonchev–Trinajstić information content (AvgIpc) is 2.16. The van der Waals surface area contributed by atoms with Crippen LogP contribution < -0.4 is 0 Å². The van der Waals surface area contributed by atoms with Crippen molar-refractivity contribution in [2.75, 3.05) is 0 Å². The third-order valence-electron chi connectivity index (χ3n) is 2.02. The van der Waals surface area contributed by atoms with Crippen molar-refractivity contribution < 1.29 is 29.7 Å². The minimum absolute atomic E-state index is 0. The summed E-state index contributed by atoms with van der Waals surface area (Å²) in [6, 6.07) is 11.9. The van der Waals surface area contributed by atoms with Gasteiger partial charge in [0.05, 0.1) is 4.90 Å². The van der Waals surface area contributed by atoms with Crippen molar-refractivity contribution in [3.63, 3.8) is 0 Å². The average molecular weight is 267 g/mol. The monoisotopic (exact) mass is 267 g/mol. The molecule has 0 amide bonds. The number of hydrogen-bond donors (Lipinski definition) is 1. The molecule has 2 aromatic rings. The quantitative estimate of drug-likeness (QED) is 0.805. The maximum absolute atomic E-state index is 10.8. The van der Waals surface area contributed by atoms with Crippen LogP contribution in [0.5, 0.6) is 0 Å². The first-order chi connectivity index (χ1) is 6.57. The van der Waals surface area contributed by atoms with Crippen LogP contribution in [0.3, 0.4) is 0 Å². The van der Waals surface area contributed by atoms with Crippen molar-refractivity contribution in [1.82, 2.24) is 0 Å². The molecule has 3 nitrogen and oxygen atoms in total. The molecule has 15 heavy (non-hydrogen) atoms. The first kappa shape index (κ1) is 12.2. The van der Waals surface area contributed by atoms with Crippen molar-refractivity contribution in [3.8, 4) is 0 Å². The molecule has 0 heterocycles. The Hall–Kier alpha value is -0.884. The van der Waals surface area contributed by atoms with Gasteiger partial charge in [-0.3, -0.25) is 4.55 Å². The zero-order chi connectivity index (χ0) is 10.2. The van der Waals surface area contributed by atoms with E-state index in [2.05, 4.69) is 0 Å². The second-order valence-electron chi connectivity index (χ2n) is 2.98. The van der Waals surface area contributed by atoms with E-state index in [1.54, 1.807) is 12.1 Å². The topological polar surface area (TPSA) is 54.4 Å². The van der Waals surface area contributed by atoms with Crippen LogP contribution in [0.25, 0.3) is 10.8 Å². The van der Waals surface area contributed by atoms with Crippen molar-refractivity contribution in [1.29, 1.82) is 0 Å². The molecular formula is C10H8CoO3S. The Morgan fingerprint density at radius 3 is 2.13 bits per heavy atom. The third-order valence-corrected chi connectivity index (χ3v) is 2.87. The summed E-state index contributed by atoms with van der Waals surface area (Å²) >= 11 is 0. The molecule has 2 aromatic carbocycles. The Morgan fingerprint density at radius 2 is 1.53 bits per heavy atom. The van der Waals surface area contributed by atoms with Crippen molar-refractivity contribution in [3.05, 3.63) is 42.5 Å². The maximum atomic E-state index is 10.8. The molecule has 2 rings (SSSR count). The van der Waals surface area contributed by atoms with Gasteiger partial charge >= 0.3 is 0 Å². The van der Waals surface area contributed by atoms with Crippen LogP contribution in [0, 0.1) is 0 Å². The number of fused-ring (bicyclic) bond motifs is 1. The van der Waals surface area contributed by atoms with E-state index < -0.39 is 10.1 Å². The largest absolute Gasteiger partial charge is 0.294 e. The zero-order valence-electron chi connectivity index (χ0n) is 7.55. The van der Waals surface area contributed by atoms with Gasteiger partial charge < -0.3 is 0 Å². The SMILES string of the molecule is O=S(=O)(O)c1ccc2ccccc2c1.[Co]. The number of hydrogen-bond acceptors (Lipinski definition) is 2. The minimum atomic E-state index is -4.09.